The smallest absolute Gasteiger partial charge is 0.337 e. The van der Waals surface area contributed by atoms with Crippen LogP contribution >= 0.6 is 0 Å². The average molecular weight is 485 g/mol. The molecule has 0 saturated carbocycles. The molecule has 4 aromatic rings. The van der Waals surface area contributed by atoms with E-state index in [1.165, 1.54) is 7.11 Å². The fourth-order valence-corrected chi connectivity index (χ4v) is 4.62. The number of carbonyl (C=O) groups is 2. The maximum absolute atomic E-state index is 13.0. The number of nitrogens with one attached hydrogen (secondary N) is 1. The lowest BCUT2D eigenvalue weighted by atomic mass is 10.0. The second-order valence-corrected chi connectivity index (χ2v) is 8.86. The van der Waals surface area contributed by atoms with Crippen LogP contribution < -0.4 is 5.32 Å². The van der Waals surface area contributed by atoms with E-state index in [0.29, 0.717) is 11.3 Å². The monoisotopic (exact) mass is 484 g/mol. The number of hydrogen-bond acceptors (Lipinski definition) is 6. The molecule has 0 spiro atoms. The molecule has 1 N–H and O–H groups in total. The predicted molar refractivity (Wildman–Crippen MR) is 133 cm³/mol. The summed E-state index contributed by atoms with van der Waals surface area (Å²) in [6, 6.07) is 17.2. The van der Waals surface area contributed by atoms with E-state index in [2.05, 4.69) is 32.0 Å². The van der Waals surface area contributed by atoms with Crippen LogP contribution in [0.25, 0.3) is 0 Å². The summed E-state index contributed by atoms with van der Waals surface area (Å²) in [7, 11) is 3.26. The molecule has 0 aliphatic carbocycles. The maximum atomic E-state index is 13.0. The molecule has 0 bridgehead atoms. The molecule has 9 nitrogen and oxygen atoms in total. The van der Waals surface area contributed by atoms with Crippen molar-refractivity contribution in [2.75, 3.05) is 13.7 Å². The van der Waals surface area contributed by atoms with Crippen molar-refractivity contribution in [1.82, 2.24) is 29.5 Å². The number of rotatable bonds is 7. The Morgan fingerprint density at radius 3 is 2.64 bits per heavy atom. The number of hydrogen-bond donors (Lipinski definition) is 1. The largest absolute Gasteiger partial charge is 0.465 e. The lowest BCUT2D eigenvalue weighted by Gasteiger charge is -2.36. The lowest BCUT2D eigenvalue weighted by molar-refractivity contribution is 0.0600. The van der Waals surface area contributed by atoms with E-state index in [0.717, 1.165) is 42.1 Å². The molecule has 184 valence electrons. The molecule has 0 saturated heterocycles. The highest BCUT2D eigenvalue weighted by atomic mass is 16.5. The third-order valence-corrected chi connectivity index (χ3v) is 6.34. The van der Waals surface area contributed by atoms with Gasteiger partial charge < -0.3 is 14.6 Å². The van der Waals surface area contributed by atoms with Crippen LogP contribution in [0.2, 0.25) is 0 Å². The van der Waals surface area contributed by atoms with E-state index in [1.807, 2.05) is 49.9 Å². The summed E-state index contributed by atoms with van der Waals surface area (Å²) in [6.45, 7) is 2.57. The molecular weight excluding hydrogens is 456 g/mol. The quantitative estimate of drug-likeness (QED) is 0.406. The first-order valence-corrected chi connectivity index (χ1v) is 11.8. The summed E-state index contributed by atoms with van der Waals surface area (Å²) in [5.74, 6) is 0.174. The van der Waals surface area contributed by atoms with Gasteiger partial charge in [-0.2, -0.15) is 5.10 Å². The molecule has 9 heteroatoms. The summed E-state index contributed by atoms with van der Waals surface area (Å²) in [6.07, 6.45) is 5.74. The van der Waals surface area contributed by atoms with Gasteiger partial charge in [0.2, 0.25) is 0 Å². The van der Waals surface area contributed by atoms with E-state index >= 15 is 0 Å². The Balaban J connectivity index is 1.37. The minimum atomic E-state index is -0.409. The Bertz CT molecular complexity index is 1380. The minimum absolute atomic E-state index is 0.0848. The van der Waals surface area contributed by atoms with Crippen molar-refractivity contribution in [3.63, 3.8) is 0 Å². The average Bonchev–Trinajstić information content (AvgIpc) is 3.53. The summed E-state index contributed by atoms with van der Waals surface area (Å²) in [4.78, 5) is 32.0. The lowest BCUT2D eigenvalue weighted by Crippen LogP contribution is -2.38. The Morgan fingerprint density at radius 1 is 1.06 bits per heavy atom. The topological polar surface area (TPSA) is 94.3 Å². The molecule has 1 atom stereocenters. The Morgan fingerprint density at radius 2 is 1.89 bits per heavy atom. The minimum Gasteiger partial charge on any atom is -0.465 e. The van der Waals surface area contributed by atoms with E-state index < -0.39 is 5.97 Å². The van der Waals surface area contributed by atoms with Crippen molar-refractivity contribution >= 4 is 11.9 Å². The second kappa shape index (κ2) is 10.2. The number of carbonyl (C=O) groups excluding carboxylic acids is 2. The molecule has 1 amide bonds. The highest BCUT2D eigenvalue weighted by molar-refractivity contribution is 5.92. The van der Waals surface area contributed by atoms with Crippen LogP contribution in [0.4, 0.5) is 0 Å². The Hall–Kier alpha value is -4.24. The number of esters is 1. The van der Waals surface area contributed by atoms with E-state index in [-0.39, 0.29) is 18.5 Å². The van der Waals surface area contributed by atoms with Crippen molar-refractivity contribution in [3.8, 4) is 0 Å². The van der Waals surface area contributed by atoms with Gasteiger partial charge in [0.15, 0.2) is 0 Å². The molecule has 5 rings (SSSR count). The molecule has 3 heterocycles. The molecule has 2 aromatic heterocycles. The first kappa shape index (κ1) is 23.5. The summed E-state index contributed by atoms with van der Waals surface area (Å²) in [5.41, 5.74) is 3.88. The third kappa shape index (κ3) is 4.92. The zero-order valence-electron chi connectivity index (χ0n) is 20.3. The second-order valence-electron chi connectivity index (χ2n) is 8.86. The molecule has 1 aliphatic heterocycles. The van der Waals surface area contributed by atoms with Crippen LogP contribution in [-0.2, 0) is 31.4 Å². The van der Waals surface area contributed by atoms with Gasteiger partial charge in [0, 0.05) is 51.2 Å². The zero-order chi connectivity index (χ0) is 25.1. The maximum Gasteiger partial charge on any atom is 0.337 e. The Kier molecular flexibility index (Phi) is 6.64. The first-order valence-electron chi connectivity index (χ1n) is 11.8. The summed E-state index contributed by atoms with van der Waals surface area (Å²) < 4.78 is 8.66. The van der Waals surface area contributed by atoms with Crippen LogP contribution in [0.5, 0.6) is 0 Å². The number of fused-ring (bicyclic) bond motifs is 1. The molecule has 2 aromatic carbocycles. The van der Waals surface area contributed by atoms with Crippen molar-refractivity contribution < 1.29 is 14.3 Å². The van der Waals surface area contributed by atoms with E-state index in [9.17, 15) is 9.59 Å². The van der Waals surface area contributed by atoms with Gasteiger partial charge >= 0.3 is 5.97 Å². The number of aromatic nitrogens is 4. The molecule has 0 fully saturated rings. The summed E-state index contributed by atoms with van der Waals surface area (Å²) in [5, 5.41) is 7.23. The molecule has 0 radical (unpaired) electrons. The van der Waals surface area contributed by atoms with E-state index in [4.69, 9.17) is 9.72 Å². The van der Waals surface area contributed by atoms with Gasteiger partial charge in [-0.05, 0) is 23.3 Å². The number of amides is 1. The van der Waals surface area contributed by atoms with Gasteiger partial charge in [-0.15, -0.1) is 0 Å². The van der Waals surface area contributed by atoms with Gasteiger partial charge in [0.25, 0.3) is 5.91 Å². The van der Waals surface area contributed by atoms with Gasteiger partial charge in [-0.25, -0.2) is 9.78 Å². The van der Waals surface area contributed by atoms with Gasteiger partial charge in [-0.3, -0.25) is 14.4 Å². The van der Waals surface area contributed by atoms with Crippen LogP contribution in [0.1, 0.15) is 49.4 Å². The molecule has 1 unspecified atom stereocenters. The fraction of sp³-hybridized carbons (Fsp3) is 0.259. The third-order valence-electron chi connectivity index (χ3n) is 6.34. The normalized spacial score (nSPS) is 15.3. The van der Waals surface area contributed by atoms with Crippen LogP contribution in [0.3, 0.4) is 0 Å². The van der Waals surface area contributed by atoms with Gasteiger partial charge in [-0.1, -0.05) is 42.5 Å². The van der Waals surface area contributed by atoms with Crippen LogP contribution in [-0.4, -0.2) is 49.8 Å². The van der Waals surface area contributed by atoms with Crippen LogP contribution in [0.15, 0.2) is 73.2 Å². The van der Waals surface area contributed by atoms with Crippen molar-refractivity contribution in [3.05, 3.63) is 107 Å². The first-order chi connectivity index (χ1) is 17.5. The van der Waals surface area contributed by atoms with E-state index in [1.54, 1.807) is 22.9 Å². The van der Waals surface area contributed by atoms with Crippen molar-refractivity contribution in [2.24, 2.45) is 7.05 Å². The number of imidazole rings is 1. The van der Waals surface area contributed by atoms with Gasteiger partial charge in [0.05, 0.1) is 24.9 Å². The van der Waals surface area contributed by atoms with Crippen LogP contribution in [0, 0.1) is 0 Å². The van der Waals surface area contributed by atoms with Gasteiger partial charge in [0.1, 0.15) is 11.5 Å². The standard InChI is InChI=1S/C27H28N6O3/c1-31-16-20(15-29-31)17-32-11-12-33-18-23(30-25(33)24(32)21-8-4-3-5-9-21)26(34)28-14-19-7-6-10-22(13-19)27(35)36-2/h3-10,13,15-16,18,24H,11-12,14,17H2,1-2H3,(H,28,34). The molecule has 36 heavy (non-hydrogen) atoms. The number of benzene rings is 2. The number of nitrogens with zero attached hydrogens (tertiary/aromatic N) is 5. The van der Waals surface area contributed by atoms with Crippen molar-refractivity contribution in [2.45, 2.75) is 25.7 Å². The Labute approximate surface area is 209 Å². The number of ether oxygens (including phenoxy) is 1. The number of methoxy groups -OCH3 is 1. The highest BCUT2D eigenvalue weighted by Crippen LogP contribution is 2.32. The summed E-state index contributed by atoms with van der Waals surface area (Å²) >= 11 is 0. The number of aryl methyl sites for hydroxylation is 1. The zero-order valence-corrected chi connectivity index (χ0v) is 20.3. The highest BCUT2D eigenvalue weighted by Gasteiger charge is 2.32. The van der Waals surface area contributed by atoms with Crippen molar-refractivity contribution in [1.29, 1.82) is 0 Å². The molecular formula is C27H28N6O3. The predicted octanol–water partition coefficient (Wildman–Crippen LogP) is 2.94. The fourth-order valence-electron chi connectivity index (χ4n) is 4.62. The molecule has 1 aliphatic rings. The SMILES string of the molecule is COC(=O)c1cccc(CNC(=O)c2cn3c(n2)C(c2ccccc2)N(Cc2cnn(C)c2)CC3)c1.